The van der Waals surface area contributed by atoms with Crippen LogP contribution in [0.15, 0.2) is 70.2 Å². The van der Waals surface area contributed by atoms with Crippen molar-refractivity contribution >= 4 is 56.0 Å². The third kappa shape index (κ3) is 16.5. The number of aliphatic imine (C=N–C) groups is 1. The number of halogens is 1. The third-order valence-electron chi connectivity index (χ3n) is 6.10. The van der Waals surface area contributed by atoms with Crippen LogP contribution in [0.25, 0.3) is 0 Å². The van der Waals surface area contributed by atoms with Crippen LogP contribution in [0.2, 0.25) is 12.6 Å². The molecular weight excluding hydrogens is 731 g/mol. The zero-order valence-electron chi connectivity index (χ0n) is 22.0. The van der Waals surface area contributed by atoms with Gasteiger partial charge in [-0.15, -0.1) is 12.6 Å². The van der Waals surface area contributed by atoms with Crippen molar-refractivity contribution in [3.05, 3.63) is 71.7 Å². The van der Waals surface area contributed by atoms with Gasteiger partial charge in [0.25, 0.3) is 6.71 Å². The molecule has 0 amide bonds. The smallest absolute Gasteiger partial charge is 0.267 e. The molecule has 0 fully saturated rings. The fourth-order valence-corrected chi connectivity index (χ4v) is 4.64. The number of rotatable bonds is 17. The van der Waals surface area contributed by atoms with Crippen molar-refractivity contribution in [1.29, 1.82) is 5.26 Å². The SMILES string of the molecule is N#CB(CC[S-])CCN(CC[S-])CCCCCC/C(N)=C/C(=Nc1ccc(S)cc1)c1ccc(F)cc1.[Pd].[Pd]. The summed E-state index contributed by atoms with van der Waals surface area (Å²) < 4.78 is 13.5. The van der Waals surface area contributed by atoms with Crippen molar-refractivity contribution in [2.75, 3.05) is 31.1 Å². The first-order valence-electron chi connectivity index (χ1n) is 12.8. The van der Waals surface area contributed by atoms with Crippen LogP contribution in [0, 0.1) is 17.0 Å². The maximum absolute atomic E-state index is 13.5. The quantitative estimate of drug-likeness (QED) is 0.0683. The van der Waals surface area contributed by atoms with Crippen LogP contribution < -0.4 is 5.73 Å². The Kier molecular flexibility index (Phi) is 22.8. The molecule has 0 radical (unpaired) electrons. The molecule has 0 aliphatic heterocycles. The molecule has 39 heavy (non-hydrogen) atoms. The Hall–Kier alpha value is -0.530. The molecule has 218 valence electrons. The van der Waals surface area contributed by atoms with Crippen LogP contribution in [-0.4, -0.2) is 48.5 Å². The Balaban J connectivity index is 0.00000722. The van der Waals surface area contributed by atoms with Gasteiger partial charge in [0.1, 0.15) is 5.82 Å². The summed E-state index contributed by atoms with van der Waals surface area (Å²) in [5, 5.41) is 9.26. The zero-order chi connectivity index (χ0) is 26.9. The van der Waals surface area contributed by atoms with Gasteiger partial charge in [0.05, 0.1) is 11.4 Å². The zero-order valence-corrected chi connectivity index (χ0v) is 27.6. The minimum absolute atomic E-state index is 0. The van der Waals surface area contributed by atoms with Gasteiger partial charge in [-0.3, -0.25) is 0 Å². The van der Waals surface area contributed by atoms with E-state index in [2.05, 4.69) is 23.5 Å². The van der Waals surface area contributed by atoms with Gasteiger partial charge in [0.2, 0.25) is 0 Å². The molecule has 0 saturated heterocycles. The van der Waals surface area contributed by atoms with Gasteiger partial charge < -0.3 is 35.9 Å². The normalized spacial score (nSPS) is 11.5. The maximum Gasteiger partial charge on any atom is 0.267 e. The summed E-state index contributed by atoms with van der Waals surface area (Å²) in [7, 11) is 0. The van der Waals surface area contributed by atoms with E-state index < -0.39 is 0 Å². The van der Waals surface area contributed by atoms with Gasteiger partial charge in [0, 0.05) is 63.0 Å². The number of unbranched alkanes of at least 4 members (excludes halogenated alkanes) is 3. The van der Waals surface area contributed by atoms with E-state index >= 15 is 0 Å². The number of hydrogen-bond acceptors (Lipinski definition) is 7. The molecule has 0 heterocycles. The number of hydrogen-bond donors (Lipinski definition) is 2. The molecule has 0 bridgehead atoms. The maximum atomic E-state index is 13.5. The molecule has 4 nitrogen and oxygen atoms in total. The molecule has 2 aromatic carbocycles. The first-order chi connectivity index (χ1) is 17.9. The average molecular weight is 767 g/mol. The van der Waals surface area contributed by atoms with Crippen molar-refractivity contribution in [3.8, 4) is 5.97 Å². The van der Waals surface area contributed by atoms with E-state index in [0.717, 1.165) is 86.2 Å². The summed E-state index contributed by atoms with van der Waals surface area (Å²) in [5.41, 5.74) is 9.43. The number of nitrogens with two attached hydrogens (primary N) is 1. The molecule has 2 N–H and O–H groups in total. The van der Waals surface area contributed by atoms with E-state index in [9.17, 15) is 9.65 Å². The third-order valence-corrected chi connectivity index (χ3v) is 6.82. The minimum Gasteiger partial charge on any atom is -0.793 e. The molecule has 0 aliphatic carbocycles. The summed E-state index contributed by atoms with van der Waals surface area (Å²) in [4.78, 5) is 7.99. The monoisotopic (exact) mass is 766 g/mol. The van der Waals surface area contributed by atoms with E-state index in [1.807, 2.05) is 30.3 Å². The predicted molar refractivity (Wildman–Crippen MR) is 164 cm³/mol. The molecule has 2 rings (SSSR count). The van der Waals surface area contributed by atoms with Gasteiger partial charge in [-0.2, -0.15) is 11.5 Å². The van der Waals surface area contributed by atoms with Gasteiger partial charge in [-0.25, -0.2) is 14.6 Å². The Morgan fingerprint density at radius 2 is 1.62 bits per heavy atom. The summed E-state index contributed by atoms with van der Waals surface area (Å²) in [6.07, 6.45) is 8.60. The van der Waals surface area contributed by atoms with Gasteiger partial charge in [-0.1, -0.05) is 19.2 Å². The summed E-state index contributed by atoms with van der Waals surface area (Å²) in [6, 6.07) is 13.9. The molecule has 0 aliphatic rings. The standard InChI is InChI=1S/C28H38BFN4S3.2Pd/c30-24-8-6-23(7-9-24)28(33-26-10-12-27(37)13-11-26)21-25(32)5-3-1-2-4-16-34(18-20-36)17-14-29(22-31)15-19-35;;/h6-13,21,35-37H,1-5,14-20,32H2;;/p-2/b25-21-,33-28?;;. The van der Waals surface area contributed by atoms with Gasteiger partial charge in [0.15, 0.2) is 0 Å². The van der Waals surface area contributed by atoms with Crippen molar-refractivity contribution < 1.29 is 45.2 Å². The van der Waals surface area contributed by atoms with E-state index in [-0.39, 0.29) is 53.4 Å². The van der Waals surface area contributed by atoms with E-state index in [1.54, 1.807) is 12.1 Å². The molecule has 0 aromatic heterocycles. The Bertz CT molecular complexity index is 1030. The molecule has 11 heteroatoms. The van der Waals surface area contributed by atoms with Crippen LogP contribution in [0.1, 0.15) is 37.7 Å². The van der Waals surface area contributed by atoms with Crippen molar-refractivity contribution in [1.82, 2.24) is 4.90 Å². The molecule has 0 spiro atoms. The number of thiol groups is 1. The number of allylic oxidation sites excluding steroid dienone is 2. The van der Waals surface area contributed by atoms with Crippen LogP contribution >= 0.6 is 12.6 Å². The van der Waals surface area contributed by atoms with Crippen LogP contribution in [-0.2, 0) is 66.1 Å². The topological polar surface area (TPSA) is 65.4 Å². The van der Waals surface area contributed by atoms with Crippen molar-refractivity contribution in [2.45, 2.75) is 49.6 Å². The molecule has 0 saturated carbocycles. The minimum atomic E-state index is -0.285. The number of nitriles is 1. The van der Waals surface area contributed by atoms with E-state index in [0.29, 0.717) is 17.2 Å². The van der Waals surface area contributed by atoms with E-state index in [4.69, 9.17) is 36.0 Å². The average Bonchev–Trinajstić information content (AvgIpc) is 2.89. The molecule has 0 unspecified atom stereocenters. The Morgan fingerprint density at radius 1 is 0.949 bits per heavy atom. The first kappa shape index (κ1) is 38.5. The van der Waals surface area contributed by atoms with Gasteiger partial charge in [-0.05, 0) is 99.8 Å². The summed E-state index contributed by atoms with van der Waals surface area (Å²) >= 11 is 14.5. The van der Waals surface area contributed by atoms with Crippen LogP contribution in [0.5, 0.6) is 0 Å². The number of nitrogens with zero attached hydrogens (tertiary/aromatic N) is 3. The Labute approximate surface area is 278 Å². The molecular formula is C28H36BFN4Pd2S3-2. The summed E-state index contributed by atoms with van der Waals surface area (Å²) in [5.74, 6) is 3.43. The first-order valence-corrected chi connectivity index (χ1v) is 14.4. The van der Waals surface area contributed by atoms with Crippen LogP contribution in [0.4, 0.5) is 10.1 Å². The molecule has 0 atom stereocenters. The Morgan fingerprint density at radius 3 is 2.23 bits per heavy atom. The second-order valence-electron chi connectivity index (χ2n) is 9.06. The van der Waals surface area contributed by atoms with Crippen molar-refractivity contribution in [2.24, 2.45) is 10.7 Å². The molecule has 2 aromatic rings. The predicted octanol–water partition coefficient (Wildman–Crippen LogP) is 5.98. The van der Waals surface area contributed by atoms with Crippen molar-refractivity contribution in [3.63, 3.8) is 0 Å². The second-order valence-corrected chi connectivity index (χ2v) is 10.4. The number of benzene rings is 2. The van der Waals surface area contributed by atoms with Gasteiger partial charge >= 0.3 is 0 Å². The fraction of sp³-hybridized carbons (Fsp3) is 0.429. The van der Waals surface area contributed by atoms with Crippen LogP contribution in [0.3, 0.4) is 0 Å². The summed E-state index contributed by atoms with van der Waals surface area (Å²) in [6.45, 7) is 2.84. The van der Waals surface area contributed by atoms with E-state index in [1.165, 1.54) is 12.1 Å². The second kappa shape index (κ2) is 23.1. The largest absolute Gasteiger partial charge is 0.793 e. The fourth-order valence-electron chi connectivity index (χ4n) is 3.95.